The average Bonchev–Trinajstić information content (AvgIpc) is 2.88. The summed E-state index contributed by atoms with van der Waals surface area (Å²) in [7, 11) is -5.38. The average molecular weight is 449 g/mol. The number of rotatable bonds is 8. The summed E-state index contributed by atoms with van der Waals surface area (Å²) in [5.74, 6) is -1.46. The summed E-state index contributed by atoms with van der Waals surface area (Å²) in [5.41, 5.74) is -0.478. The molecule has 1 amide bonds. The van der Waals surface area contributed by atoms with Crippen LogP contribution in [0.1, 0.15) is 26.5 Å². The first-order chi connectivity index (χ1) is 12.6. The predicted octanol–water partition coefficient (Wildman–Crippen LogP) is 3.80. The van der Waals surface area contributed by atoms with Crippen LogP contribution >= 0.6 is 11.3 Å². The zero-order chi connectivity index (χ0) is 21.8. The van der Waals surface area contributed by atoms with Crippen molar-refractivity contribution in [1.29, 1.82) is 0 Å². The second-order valence-corrected chi connectivity index (χ2v) is 16.9. The zero-order valence-electron chi connectivity index (χ0n) is 17.1. The van der Waals surface area contributed by atoms with Crippen molar-refractivity contribution in [1.82, 2.24) is 4.98 Å². The molecule has 1 aromatic rings. The van der Waals surface area contributed by atoms with Crippen molar-refractivity contribution in [3.05, 3.63) is 22.6 Å². The number of ether oxygens (including phenoxy) is 2. The van der Waals surface area contributed by atoms with E-state index in [1.165, 1.54) is 5.38 Å². The fourth-order valence-electron chi connectivity index (χ4n) is 1.76. The van der Waals surface area contributed by atoms with E-state index in [0.29, 0.717) is 0 Å². The van der Waals surface area contributed by atoms with Crippen LogP contribution in [0, 0.1) is 0 Å². The summed E-state index contributed by atoms with van der Waals surface area (Å²) < 4.78 is 34.9. The molecule has 158 valence electrons. The van der Waals surface area contributed by atoms with Crippen LogP contribution in [0.25, 0.3) is 0 Å². The maximum atomic E-state index is 12.4. The molecule has 0 bridgehead atoms. The molecule has 0 aliphatic rings. The van der Waals surface area contributed by atoms with E-state index < -0.39 is 46.2 Å². The quantitative estimate of drug-likeness (QED) is 0.366. The van der Waals surface area contributed by atoms with E-state index in [0.717, 1.165) is 17.4 Å². The van der Waals surface area contributed by atoms with Gasteiger partial charge in [-0.1, -0.05) is 26.2 Å². The highest BCUT2D eigenvalue weighted by molar-refractivity contribution is 7.95. The van der Waals surface area contributed by atoms with Gasteiger partial charge < -0.3 is 9.47 Å². The minimum Gasteiger partial charge on any atom is -0.462 e. The van der Waals surface area contributed by atoms with Gasteiger partial charge in [0.1, 0.15) is 10.5 Å². The second kappa shape index (κ2) is 9.18. The van der Waals surface area contributed by atoms with Gasteiger partial charge >= 0.3 is 12.1 Å². The van der Waals surface area contributed by atoms with E-state index >= 15 is 0 Å². The Morgan fingerprint density at radius 1 is 1.29 bits per heavy atom. The molecular formula is C17H28N2O6S2Si. The SMILES string of the molecule is C=C(C(=O)OCC[Si](C)(C)C)S(=O)(=O)Cc1csc(NC(=O)OC(C)(C)C)n1. The molecule has 0 unspecified atom stereocenters. The van der Waals surface area contributed by atoms with E-state index in [1.54, 1.807) is 20.8 Å². The van der Waals surface area contributed by atoms with Crippen molar-refractivity contribution in [2.75, 3.05) is 11.9 Å². The highest BCUT2D eigenvalue weighted by Crippen LogP contribution is 2.21. The van der Waals surface area contributed by atoms with Crippen LogP contribution < -0.4 is 5.32 Å². The van der Waals surface area contributed by atoms with Crippen molar-refractivity contribution in [2.24, 2.45) is 0 Å². The van der Waals surface area contributed by atoms with Crippen LogP contribution in [0.2, 0.25) is 25.7 Å². The van der Waals surface area contributed by atoms with Crippen LogP contribution in [-0.4, -0.2) is 45.7 Å². The molecule has 0 aliphatic carbocycles. The van der Waals surface area contributed by atoms with Gasteiger partial charge in [0.15, 0.2) is 15.0 Å². The topological polar surface area (TPSA) is 112 Å². The predicted molar refractivity (Wildman–Crippen MR) is 113 cm³/mol. The number of sulfone groups is 1. The number of hydrogen-bond donors (Lipinski definition) is 1. The summed E-state index contributed by atoms with van der Waals surface area (Å²) >= 11 is 1.05. The van der Waals surface area contributed by atoms with Gasteiger partial charge in [0.05, 0.1) is 18.1 Å². The summed E-state index contributed by atoms with van der Waals surface area (Å²) in [6, 6.07) is 0.734. The van der Waals surface area contributed by atoms with Crippen LogP contribution in [0.3, 0.4) is 0 Å². The minimum atomic E-state index is -3.98. The van der Waals surface area contributed by atoms with Gasteiger partial charge in [-0.05, 0) is 26.8 Å². The van der Waals surface area contributed by atoms with Gasteiger partial charge in [0, 0.05) is 13.5 Å². The van der Waals surface area contributed by atoms with Crippen LogP contribution in [-0.2, 0) is 29.9 Å². The van der Waals surface area contributed by atoms with Gasteiger partial charge in [-0.3, -0.25) is 5.32 Å². The first kappa shape index (κ1) is 24.3. The molecule has 11 heteroatoms. The number of carbonyl (C=O) groups excluding carboxylic acids is 2. The Labute approximate surface area is 171 Å². The molecule has 0 fully saturated rings. The molecule has 1 aromatic heterocycles. The van der Waals surface area contributed by atoms with Gasteiger partial charge in [-0.2, -0.15) is 0 Å². The third kappa shape index (κ3) is 8.98. The lowest BCUT2D eigenvalue weighted by atomic mass is 10.2. The highest BCUT2D eigenvalue weighted by atomic mass is 32.2. The van der Waals surface area contributed by atoms with E-state index in [9.17, 15) is 18.0 Å². The highest BCUT2D eigenvalue weighted by Gasteiger charge is 2.26. The summed E-state index contributed by atoms with van der Waals surface area (Å²) in [6.45, 7) is 15.1. The molecule has 1 heterocycles. The zero-order valence-corrected chi connectivity index (χ0v) is 19.8. The number of esters is 1. The Morgan fingerprint density at radius 3 is 2.43 bits per heavy atom. The smallest absolute Gasteiger partial charge is 0.413 e. The lowest BCUT2D eigenvalue weighted by Gasteiger charge is -2.18. The summed E-state index contributed by atoms with van der Waals surface area (Å²) in [4.78, 5) is 27.1. The lowest BCUT2D eigenvalue weighted by molar-refractivity contribution is -0.137. The summed E-state index contributed by atoms with van der Waals surface area (Å²) in [6.07, 6.45) is -0.688. The summed E-state index contributed by atoms with van der Waals surface area (Å²) in [5, 5.41) is 4.12. The first-order valence-electron chi connectivity index (χ1n) is 8.62. The number of amides is 1. The Bertz CT molecular complexity index is 835. The van der Waals surface area contributed by atoms with Crippen LogP contribution in [0.5, 0.6) is 0 Å². The number of thiazole rings is 1. The van der Waals surface area contributed by atoms with Crippen LogP contribution in [0.15, 0.2) is 16.9 Å². The normalized spacial score (nSPS) is 12.4. The molecular weight excluding hydrogens is 420 g/mol. The second-order valence-electron chi connectivity index (χ2n) is 8.40. The van der Waals surface area contributed by atoms with Crippen molar-refractivity contribution < 1.29 is 27.5 Å². The van der Waals surface area contributed by atoms with Crippen molar-refractivity contribution >= 4 is 46.4 Å². The molecule has 0 radical (unpaired) electrons. The number of aromatic nitrogens is 1. The molecule has 0 saturated heterocycles. The molecule has 0 atom stereocenters. The Hall–Kier alpha value is -1.72. The van der Waals surface area contributed by atoms with Gasteiger partial charge in [-0.25, -0.2) is 23.0 Å². The molecule has 0 aromatic carbocycles. The largest absolute Gasteiger partial charge is 0.462 e. The lowest BCUT2D eigenvalue weighted by Crippen LogP contribution is -2.27. The molecule has 1 rings (SSSR count). The third-order valence-corrected chi connectivity index (χ3v) is 7.29. The number of nitrogens with one attached hydrogen (secondary N) is 1. The van der Waals surface area contributed by atoms with Gasteiger partial charge in [0.2, 0.25) is 0 Å². The number of nitrogens with zero attached hydrogens (tertiary/aromatic N) is 1. The minimum absolute atomic E-state index is 0.170. The Kier molecular flexibility index (Phi) is 7.97. The van der Waals surface area contributed by atoms with E-state index in [2.05, 4.69) is 36.5 Å². The Morgan fingerprint density at radius 2 is 1.89 bits per heavy atom. The number of anilines is 1. The monoisotopic (exact) mass is 448 g/mol. The molecule has 0 saturated carbocycles. The molecule has 28 heavy (non-hydrogen) atoms. The van der Waals surface area contributed by atoms with E-state index in [-0.39, 0.29) is 17.4 Å². The maximum Gasteiger partial charge on any atom is 0.413 e. The first-order valence-corrected chi connectivity index (χ1v) is 14.9. The van der Waals surface area contributed by atoms with Crippen LogP contribution in [0.4, 0.5) is 9.93 Å². The maximum absolute atomic E-state index is 12.4. The van der Waals surface area contributed by atoms with E-state index in [4.69, 9.17) is 9.47 Å². The number of hydrogen-bond acceptors (Lipinski definition) is 8. The van der Waals surface area contributed by atoms with Crippen molar-refractivity contribution in [3.8, 4) is 0 Å². The van der Waals surface area contributed by atoms with Gasteiger partial charge in [0.25, 0.3) is 0 Å². The van der Waals surface area contributed by atoms with E-state index in [1.807, 2.05) is 0 Å². The fraction of sp³-hybridized carbons (Fsp3) is 0.588. The molecule has 0 aliphatic heterocycles. The molecule has 0 spiro atoms. The number of carbonyl (C=O) groups is 2. The molecule has 1 N–H and O–H groups in total. The van der Waals surface area contributed by atoms with Gasteiger partial charge in [-0.15, -0.1) is 11.3 Å². The Balaban J connectivity index is 2.67. The third-order valence-electron chi connectivity index (χ3n) is 3.19. The van der Waals surface area contributed by atoms with Crippen molar-refractivity contribution in [2.45, 2.75) is 57.8 Å². The fourth-order valence-corrected chi connectivity index (χ4v) is 4.30. The standard InChI is InChI=1S/C17H28N2O6S2Si/c1-12(14(20)24-8-9-28(5,6)7)27(22,23)11-13-10-26-15(18-13)19-16(21)25-17(2,3)4/h10H,1,8-9,11H2,2-7H3,(H,18,19,21). The molecule has 8 nitrogen and oxygen atoms in total. The van der Waals surface area contributed by atoms with Crippen molar-refractivity contribution in [3.63, 3.8) is 0 Å².